The number of hydrogen-bond donors (Lipinski definition) is 1. The molecule has 0 atom stereocenters. The van der Waals surface area contributed by atoms with Crippen LogP contribution >= 0.6 is 0 Å². The number of carbonyl (C=O) groups is 1. The lowest BCUT2D eigenvalue weighted by molar-refractivity contribution is 0.101. The molecule has 0 unspecified atom stereocenters. The van der Waals surface area contributed by atoms with Gasteiger partial charge in [-0.15, -0.1) is 0 Å². The Kier molecular flexibility index (Phi) is 7.06. The Bertz CT molecular complexity index is 510. The third kappa shape index (κ3) is 5.05. The van der Waals surface area contributed by atoms with Crippen LogP contribution in [0.5, 0.6) is 5.75 Å². The van der Waals surface area contributed by atoms with E-state index in [1.807, 2.05) is 25.1 Å². The maximum Gasteiger partial charge on any atom is 0.159 e. The second-order valence-corrected chi connectivity index (χ2v) is 6.26. The SMILES string of the molecule is CCCN(Cc1cc(C(C)=O)ccc1OCC)C1CCNCC1. The first-order chi connectivity index (χ1) is 11.2. The van der Waals surface area contributed by atoms with Crippen LogP contribution in [0.2, 0.25) is 0 Å². The second-order valence-electron chi connectivity index (χ2n) is 6.26. The number of nitrogens with one attached hydrogen (secondary N) is 1. The number of carbonyl (C=O) groups excluding carboxylic acids is 1. The minimum absolute atomic E-state index is 0.109. The van der Waals surface area contributed by atoms with Crippen LogP contribution in [-0.2, 0) is 6.54 Å². The maximum absolute atomic E-state index is 11.7. The molecule has 1 N–H and O–H groups in total. The molecule has 1 saturated heterocycles. The van der Waals surface area contributed by atoms with Gasteiger partial charge in [-0.05, 0) is 70.9 Å². The predicted molar refractivity (Wildman–Crippen MR) is 94.2 cm³/mol. The van der Waals surface area contributed by atoms with Crippen LogP contribution < -0.4 is 10.1 Å². The van der Waals surface area contributed by atoms with E-state index >= 15 is 0 Å². The van der Waals surface area contributed by atoms with Gasteiger partial charge in [0.2, 0.25) is 0 Å². The summed E-state index contributed by atoms with van der Waals surface area (Å²) >= 11 is 0. The lowest BCUT2D eigenvalue weighted by atomic mass is 10.0. The first-order valence-electron chi connectivity index (χ1n) is 8.87. The van der Waals surface area contributed by atoms with Gasteiger partial charge in [-0.2, -0.15) is 0 Å². The number of benzene rings is 1. The Morgan fingerprint density at radius 2 is 2.04 bits per heavy atom. The number of nitrogens with zero attached hydrogens (tertiary/aromatic N) is 1. The molecule has 1 heterocycles. The van der Waals surface area contributed by atoms with Gasteiger partial charge in [-0.3, -0.25) is 9.69 Å². The van der Waals surface area contributed by atoms with Crippen LogP contribution in [0.1, 0.15) is 56.0 Å². The molecule has 1 fully saturated rings. The second kappa shape index (κ2) is 9.04. The molecule has 0 amide bonds. The molecule has 1 aromatic carbocycles. The molecule has 0 saturated carbocycles. The Morgan fingerprint density at radius 1 is 1.30 bits per heavy atom. The van der Waals surface area contributed by atoms with Gasteiger partial charge in [-0.25, -0.2) is 0 Å². The van der Waals surface area contributed by atoms with Crippen molar-refractivity contribution < 1.29 is 9.53 Å². The van der Waals surface area contributed by atoms with E-state index in [4.69, 9.17) is 4.74 Å². The van der Waals surface area contributed by atoms with E-state index in [2.05, 4.69) is 17.1 Å². The normalized spacial score (nSPS) is 15.8. The lowest BCUT2D eigenvalue weighted by Crippen LogP contribution is -2.43. The van der Waals surface area contributed by atoms with Gasteiger partial charge in [0.1, 0.15) is 5.75 Å². The average molecular weight is 318 g/mol. The number of hydrogen-bond acceptors (Lipinski definition) is 4. The van der Waals surface area contributed by atoms with Crippen LogP contribution in [0.15, 0.2) is 18.2 Å². The van der Waals surface area contributed by atoms with Crippen molar-refractivity contribution in [2.24, 2.45) is 0 Å². The summed E-state index contributed by atoms with van der Waals surface area (Å²) in [6, 6.07) is 6.44. The van der Waals surface area contributed by atoms with Crippen molar-refractivity contribution in [3.8, 4) is 5.75 Å². The van der Waals surface area contributed by atoms with E-state index in [0.717, 1.165) is 49.5 Å². The third-order valence-corrected chi connectivity index (χ3v) is 4.48. The highest BCUT2D eigenvalue weighted by Crippen LogP contribution is 2.25. The molecule has 0 bridgehead atoms. The standard InChI is InChI=1S/C19H30N2O2/c1-4-12-21(18-8-10-20-11-9-18)14-17-13-16(15(3)22)6-7-19(17)23-5-2/h6-7,13,18,20H,4-5,8-12,14H2,1-3H3. The van der Waals surface area contributed by atoms with Gasteiger partial charge in [0.15, 0.2) is 5.78 Å². The maximum atomic E-state index is 11.7. The quantitative estimate of drug-likeness (QED) is 0.747. The van der Waals surface area contributed by atoms with Gasteiger partial charge in [-0.1, -0.05) is 6.92 Å². The highest BCUT2D eigenvalue weighted by Gasteiger charge is 2.22. The van der Waals surface area contributed by atoms with Gasteiger partial charge in [0, 0.05) is 23.7 Å². The minimum Gasteiger partial charge on any atom is -0.494 e. The average Bonchev–Trinajstić information content (AvgIpc) is 2.56. The summed E-state index contributed by atoms with van der Waals surface area (Å²) in [4.78, 5) is 14.3. The smallest absolute Gasteiger partial charge is 0.159 e. The largest absolute Gasteiger partial charge is 0.494 e. The highest BCUT2D eigenvalue weighted by atomic mass is 16.5. The molecule has 128 valence electrons. The fourth-order valence-electron chi connectivity index (χ4n) is 3.29. The number of Topliss-reactive ketones (excluding diaryl/α,β-unsaturated/α-hetero) is 1. The molecule has 2 rings (SSSR count). The first kappa shape index (κ1) is 18.0. The first-order valence-corrected chi connectivity index (χ1v) is 8.87. The highest BCUT2D eigenvalue weighted by molar-refractivity contribution is 5.94. The van der Waals surface area contributed by atoms with E-state index < -0.39 is 0 Å². The molecule has 1 aromatic rings. The van der Waals surface area contributed by atoms with Crippen molar-refractivity contribution >= 4 is 5.78 Å². The van der Waals surface area contributed by atoms with Crippen molar-refractivity contribution in [3.63, 3.8) is 0 Å². The summed E-state index contributed by atoms with van der Waals surface area (Å²) in [5.41, 5.74) is 1.90. The van der Waals surface area contributed by atoms with Crippen molar-refractivity contribution in [1.82, 2.24) is 10.2 Å². The topological polar surface area (TPSA) is 41.6 Å². The Morgan fingerprint density at radius 3 is 2.65 bits per heavy atom. The summed E-state index contributed by atoms with van der Waals surface area (Å²) in [6.45, 7) is 10.6. The fraction of sp³-hybridized carbons (Fsp3) is 0.632. The molecule has 4 nitrogen and oxygen atoms in total. The Balaban J connectivity index is 2.21. The third-order valence-electron chi connectivity index (χ3n) is 4.48. The molecule has 0 radical (unpaired) electrons. The zero-order valence-corrected chi connectivity index (χ0v) is 14.7. The van der Waals surface area contributed by atoms with Crippen LogP contribution in [0, 0.1) is 0 Å². The molecule has 1 aliphatic heterocycles. The van der Waals surface area contributed by atoms with Crippen LogP contribution in [0.3, 0.4) is 0 Å². The monoisotopic (exact) mass is 318 g/mol. The molecular formula is C19H30N2O2. The lowest BCUT2D eigenvalue weighted by Gasteiger charge is -2.35. The minimum atomic E-state index is 0.109. The van der Waals surface area contributed by atoms with E-state index in [9.17, 15) is 4.79 Å². The molecule has 0 aromatic heterocycles. The summed E-state index contributed by atoms with van der Waals surface area (Å²) in [5.74, 6) is 1.02. The Hall–Kier alpha value is -1.39. The van der Waals surface area contributed by atoms with Crippen LogP contribution in [-0.4, -0.2) is 43.0 Å². The van der Waals surface area contributed by atoms with Crippen molar-refractivity contribution in [3.05, 3.63) is 29.3 Å². The molecule has 1 aliphatic rings. The number of piperidine rings is 1. The summed E-state index contributed by atoms with van der Waals surface area (Å²) in [7, 11) is 0. The van der Waals surface area contributed by atoms with Gasteiger partial charge in [0.25, 0.3) is 0 Å². The van der Waals surface area contributed by atoms with Crippen molar-refractivity contribution in [2.75, 3.05) is 26.2 Å². The summed E-state index contributed by atoms with van der Waals surface area (Å²) in [5, 5.41) is 3.44. The summed E-state index contributed by atoms with van der Waals surface area (Å²) in [6.07, 6.45) is 3.52. The Labute approximate surface area is 140 Å². The van der Waals surface area contributed by atoms with E-state index in [1.54, 1.807) is 6.92 Å². The van der Waals surface area contributed by atoms with Crippen molar-refractivity contribution in [2.45, 2.75) is 52.6 Å². The fourth-order valence-corrected chi connectivity index (χ4v) is 3.29. The van der Waals surface area contributed by atoms with E-state index in [0.29, 0.717) is 12.6 Å². The van der Waals surface area contributed by atoms with Crippen LogP contribution in [0.25, 0.3) is 0 Å². The molecule has 0 spiro atoms. The van der Waals surface area contributed by atoms with Gasteiger partial charge >= 0.3 is 0 Å². The van der Waals surface area contributed by atoms with E-state index in [-0.39, 0.29) is 5.78 Å². The molecule has 0 aliphatic carbocycles. The number of ketones is 1. The zero-order chi connectivity index (χ0) is 16.7. The number of ether oxygens (including phenoxy) is 1. The van der Waals surface area contributed by atoms with E-state index in [1.165, 1.54) is 12.8 Å². The molecular weight excluding hydrogens is 288 g/mol. The predicted octanol–water partition coefficient (Wildman–Crippen LogP) is 3.25. The van der Waals surface area contributed by atoms with Gasteiger partial charge in [0.05, 0.1) is 6.61 Å². The number of rotatable bonds is 8. The van der Waals surface area contributed by atoms with Gasteiger partial charge < -0.3 is 10.1 Å². The molecule has 4 heteroatoms. The van der Waals surface area contributed by atoms with Crippen molar-refractivity contribution in [1.29, 1.82) is 0 Å². The molecule has 23 heavy (non-hydrogen) atoms. The zero-order valence-electron chi connectivity index (χ0n) is 14.7. The summed E-state index contributed by atoms with van der Waals surface area (Å²) < 4.78 is 5.79. The van der Waals surface area contributed by atoms with Crippen LogP contribution in [0.4, 0.5) is 0 Å².